The fraction of sp³-hybridized carbons (Fsp3) is 0.692. The van der Waals surface area contributed by atoms with E-state index < -0.39 is 0 Å². The lowest BCUT2D eigenvalue weighted by Crippen LogP contribution is -2.21. The SMILES string of the molecule is CCNC(CCC1CC1)c1cscc1C. The van der Waals surface area contributed by atoms with E-state index in [1.165, 1.54) is 36.8 Å². The van der Waals surface area contributed by atoms with Crippen LogP contribution in [0.3, 0.4) is 0 Å². The van der Waals surface area contributed by atoms with Crippen molar-refractivity contribution in [2.75, 3.05) is 6.54 Å². The first-order chi connectivity index (χ1) is 7.31. The predicted molar refractivity (Wildman–Crippen MR) is 67.4 cm³/mol. The molecule has 1 aliphatic rings. The number of hydrogen-bond donors (Lipinski definition) is 1. The van der Waals surface area contributed by atoms with Gasteiger partial charge in [-0.2, -0.15) is 11.3 Å². The van der Waals surface area contributed by atoms with E-state index in [0.717, 1.165) is 12.5 Å². The van der Waals surface area contributed by atoms with Gasteiger partial charge in [-0.3, -0.25) is 0 Å². The van der Waals surface area contributed by atoms with Gasteiger partial charge >= 0.3 is 0 Å². The summed E-state index contributed by atoms with van der Waals surface area (Å²) in [6, 6.07) is 0.599. The molecule has 1 N–H and O–H groups in total. The molecule has 84 valence electrons. The summed E-state index contributed by atoms with van der Waals surface area (Å²) in [6.07, 6.45) is 5.67. The molecule has 0 spiro atoms. The van der Waals surface area contributed by atoms with E-state index >= 15 is 0 Å². The van der Waals surface area contributed by atoms with Crippen molar-refractivity contribution >= 4 is 11.3 Å². The van der Waals surface area contributed by atoms with Gasteiger partial charge in [-0.25, -0.2) is 0 Å². The van der Waals surface area contributed by atoms with Crippen molar-refractivity contribution in [3.05, 3.63) is 21.9 Å². The van der Waals surface area contributed by atoms with Crippen molar-refractivity contribution < 1.29 is 0 Å². The molecule has 15 heavy (non-hydrogen) atoms. The highest BCUT2D eigenvalue weighted by Gasteiger charge is 2.23. The third kappa shape index (κ3) is 3.05. The van der Waals surface area contributed by atoms with Crippen LogP contribution in [-0.4, -0.2) is 6.54 Å². The van der Waals surface area contributed by atoms with Crippen LogP contribution >= 0.6 is 11.3 Å². The number of rotatable bonds is 6. The van der Waals surface area contributed by atoms with Gasteiger partial charge in [-0.05, 0) is 54.1 Å². The maximum Gasteiger partial charge on any atom is 0.0331 e. The molecule has 1 nitrogen and oxygen atoms in total. The Hall–Kier alpha value is -0.340. The lowest BCUT2D eigenvalue weighted by atomic mass is 10.0. The molecule has 2 rings (SSSR count). The first-order valence-corrected chi connectivity index (χ1v) is 7.01. The van der Waals surface area contributed by atoms with Crippen LogP contribution in [0, 0.1) is 12.8 Å². The zero-order valence-electron chi connectivity index (χ0n) is 9.75. The summed E-state index contributed by atoms with van der Waals surface area (Å²) >= 11 is 1.83. The van der Waals surface area contributed by atoms with E-state index in [1.54, 1.807) is 0 Å². The Morgan fingerprint density at radius 3 is 2.80 bits per heavy atom. The first-order valence-electron chi connectivity index (χ1n) is 6.07. The van der Waals surface area contributed by atoms with Gasteiger partial charge in [0.05, 0.1) is 0 Å². The predicted octanol–water partition coefficient (Wildman–Crippen LogP) is 3.90. The third-order valence-corrected chi connectivity index (χ3v) is 4.16. The Morgan fingerprint density at radius 1 is 1.47 bits per heavy atom. The van der Waals surface area contributed by atoms with Crippen LogP contribution < -0.4 is 5.32 Å². The number of nitrogens with one attached hydrogen (secondary N) is 1. The minimum atomic E-state index is 0.599. The fourth-order valence-corrected chi connectivity index (χ4v) is 3.06. The average molecular weight is 223 g/mol. The standard InChI is InChI=1S/C13H21NS/c1-3-14-13(7-6-11-4-5-11)12-9-15-8-10(12)2/h8-9,11,13-14H,3-7H2,1-2H3. The molecular weight excluding hydrogens is 202 g/mol. The highest BCUT2D eigenvalue weighted by atomic mass is 32.1. The minimum absolute atomic E-state index is 0.599. The number of aryl methyl sites for hydroxylation is 1. The summed E-state index contributed by atoms with van der Waals surface area (Å²) in [7, 11) is 0. The summed E-state index contributed by atoms with van der Waals surface area (Å²) in [5.41, 5.74) is 2.99. The van der Waals surface area contributed by atoms with Gasteiger partial charge in [0.1, 0.15) is 0 Å². The second kappa shape index (κ2) is 5.13. The van der Waals surface area contributed by atoms with Crippen molar-refractivity contribution in [3.8, 4) is 0 Å². The second-order valence-electron chi connectivity index (χ2n) is 4.64. The van der Waals surface area contributed by atoms with Crippen molar-refractivity contribution in [2.45, 2.75) is 45.6 Å². The Balaban J connectivity index is 1.94. The van der Waals surface area contributed by atoms with E-state index in [0.29, 0.717) is 6.04 Å². The first kappa shape index (κ1) is 11.2. The van der Waals surface area contributed by atoms with Crippen LogP contribution in [0.15, 0.2) is 10.8 Å². The summed E-state index contributed by atoms with van der Waals surface area (Å²) in [5.74, 6) is 1.05. The molecule has 0 saturated heterocycles. The molecule has 0 radical (unpaired) electrons. The highest BCUT2D eigenvalue weighted by molar-refractivity contribution is 7.08. The zero-order chi connectivity index (χ0) is 10.7. The van der Waals surface area contributed by atoms with Gasteiger partial charge in [0.2, 0.25) is 0 Å². The monoisotopic (exact) mass is 223 g/mol. The molecule has 1 atom stereocenters. The molecular formula is C13H21NS. The fourth-order valence-electron chi connectivity index (χ4n) is 2.15. The Bertz CT molecular complexity index is 301. The zero-order valence-corrected chi connectivity index (χ0v) is 10.6. The van der Waals surface area contributed by atoms with Crippen LogP contribution in [-0.2, 0) is 0 Å². The molecule has 1 fully saturated rings. The lowest BCUT2D eigenvalue weighted by Gasteiger charge is -2.17. The molecule has 1 heterocycles. The van der Waals surface area contributed by atoms with E-state index in [9.17, 15) is 0 Å². The van der Waals surface area contributed by atoms with Crippen LogP contribution in [0.25, 0.3) is 0 Å². The molecule has 0 aliphatic heterocycles. The van der Waals surface area contributed by atoms with Crippen molar-refractivity contribution in [1.29, 1.82) is 0 Å². The summed E-state index contributed by atoms with van der Waals surface area (Å²) in [4.78, 5) is 0. The maximum absolute atomic E-state index is 3.62. The van der Waals surface area contributed by atoms with Gasteiger partial charge < -0.3 is 5.32 Å². The molecule has 0 amide bonds. The molecule has 0 aromatic carbocycles. The van der Waals surface area contributed by atoms with Gasteiger partial charge in [0, 0.05) is 6.04 Å². The number of hydrogen-bond acceptors (Lipinski definition) is 2. The lowest BCUT2D eigenvalue weighted by molar-refractivity contribution is 0.481. The van der Waals surface area contributed by atoms with Gasteiger partial charge in [-0.15, -0.1) is 0 Å². The Labute approximate surface area is 96.9 Å². The van der Waals surface area contributed by atoms with Gasteiger partial charge in [-0.1, -0.05) is 19.8 Å². The molecule has 1 aromatic heterocycles. The highest BCUT2D eigenvalue weighted by Crippen LogP contribution is 2.36. The van der Waals surface area contributed by atoms with Gasteiger partial charge in [0.25, 0.3) is 0 Å². The maximum atomic E-state index is 3.62. The summed E-state index contributed by atoms with van der Waals surface area (Å²) in [6.45, 7) is 5.50. The van der Waals surface area contributed by atoms with E-state index in [1.807, 2.05) is 11.3 Å². The summed E-state index contributed by atoms with van der Waals surface area (Å²) in [5, 5.41) is 8.19. The van der Waals surface area contributed by atoms with Crippen LogP contribution in [0.1, 0.15) is 49.8 Å². The summed E-state index contributed by atoms with van der Waals surface area (Å²) < 4.78 is 0. The van der Waals surface area contributed by atoms with Crippen LogP contribution in [0.5, 0.6) is 0 Å². The van der Waals surface area contributed by atoms with Crippen molar-refractivity contribution in [1.82, 2.24) is 5.32 Å². The van der Waals surface area contributed by atoms with Crippen molar-refractivity contribution in [3.63, 3.8) is 0 Å². The third-order valence-electron chi connectivity index (χ3n) is 3.28. The van der Waals surface area contributed by atoms with Gasteiger partial charge in [0.15, 0.2) is 0 Å². The van der Waals surface area contributed by atoms with E-state index in [4.69, 9.17) is 0 Å². The smallest absolute Gasteiger partial charge is 0.0331 e. The second-order valence-corrected chi connectivity index (χ2v) is 5.38. The molecule has 0 bridgehead atoms. The minimum Gasteiger partial charge on any atom is -0.310 e. The molecule has 1 aliphatic carbocycles. The number of thiophene rings is 1. The van der Waals surface area contributed by atoms with Crippen LogP contribution in [0.2, 0.25) is 0 Å². The largest absolute Gasteiger partial charge is 0.310 e. The van der Waals surface area contributed by atoms with Crippen LogP contribution in [0.4, 0.5) is 0 Å². The average Bonchev–Trinajstić information content (AvgIpc) is 2.96. The molecule has 2 heteroatoms. The topological polar surface area (TPSA) is 12.0 Å². The normalized spacial score (nSPS) is 18.0. The molecule has 1 saturated carbocycles. The quantitative estimate of drug-likeness (QED) is 0.771. The van der Waals surface area contributed by atoms with E-state index in [-0.39, 0.29) is 0 Å². The Morgan fingerprint density at radius 2 is 2.27 bits per heavy atom. The molecule has 1 unspecified atom stereocenters. The Kier molecular flexibility index (Phi) is 3.81. The van der Waals surface area contributed by atoms with E-state index in [2.05, 4.69) is 29.9 Å². The molecule has 1 aromatic rings. The van der Waals surface area contributed by atoms with Crippen molar-refractivity contribution in [2.24, 2.45) is 5.92 Å².